The van der Waals surface area contributed by atoms with E-state index in [0.717, 1.165) is 68.1 Å². The third-order valence-corrected chi connectivity index (χ3v) is 8.09. The highest BCUT2D eigenvalue weighted by molar-refractivity contribution is 5.94. The standard InChI is InChI=1S/C31H38FN3O/c1-2-28(23-13-5-3-6-14-23)33-31(36)29-27-19-10-9-15-24(20-22-12-11-16-25(32)21-22)30(27)35(34-29)26-17-7-4-8-18-26/h3,5-6,11-14,16,21,24,26,28H,2,4,7-10,15,17-20H2,1H3,(H,33,36)/t24?,28-/m0/s1. The molecule has 190 valence electrons. The van der Waals surface area contributed by atoms with Crippen LogP contribution in [-0.4, -0.2) is 15.7 Å². The monoisotopic (exact) mass is 487 g/mol. The first-order valence-electron chi connectivity index (χ1n) is 13.9. The molecule has 0 spiro atoms. The van der Waals surface area contributed by atoms with Gasteiger partial charge in [-0.2, -0.15) is 5.10 Å². The molecule has 1 heterocycles. The van der Waals surface area contributed by atoms with Gasteiger partial charge in [0.25, 0.3) is 5.91 Å². The summed E-state index contributed by atoms with van der Waals surface area (Å²) in [5.41, 5.74) is 5.11. The minimum atomic E-state index is -0.186. The van der Waals surface area contributed by atoms with E-state index in [-0.39, 0.29) is 23.7 Å². The van der Waals surface area contributed by atoms with Crippen LogP contribution in [0.1, 0.15) is 116 Å². The second kappa shape index (κ2) is 11.4. The van der Waals surface area contributed by atoms with E-state index in [1.54, 1.807) is 12.1 Å². The number of carbonyl (C=O) groups is 1. The summed E-state index contributed by atoms with van der Waals surface area (Å²) in [6, 6.07) is 17.5. The maximum atomic E-state index is 14.0. The zero-order chi connectivity index (χ0) is 24.9. The molecule has 0 saturated heterocycles. The van der Waals surface area contributed by atoms with Crippen LogP contribution in [0.15, 0.2) is 54.6 Å². The molecule has 2 aromatic carbocycles. The predicted octanol–water partition coefficient (Wildman–Crippen LogP) is 7.46. The Morgan fingerprint density at radius 1 is 1.03 bits per heavy atom. The van der Waals surface area contributed by atoms with E-state index in [0.29, 0.717) is 11.7 Å². The van der Waals surface area contributed by atoms with Gasteiger partial charge in [-0.3, -0.25) is 9.48 Å². The maximum Gasteiger partial charge on any atom is 0.272 e. The summed E-state index contributed by atoms with van der Waals surface area (Å²) >= 11 is 0. The van der Waals surface area contributed by atoms with Gasteiger partial charge in [0.2, 0.25) is 0 Å². The molecular formula is C31H38FN3O. The minimum Gasteiger partial charge on any atom is -0.344 e. The number of hydrogen-bond acceptors (Lipinski definition) is 2. The van der Waals surface area contributed by atoms with Crippen LogP contribution in [0.2, 0.25) is 0 Å². The molecule has 0 radical (unpaired) electrons. The number of benzene rings is 2. The molecule has 5 heteroatoms. The fourth-order valence-electron chi connectivity index (χ4n) is 6.26. The first kappa shape index (κ1) is 24.7. The van der Waals surface area contributed by atoms with Crippen molar-refractivity contribution in [3.8, 4) is 0 Å². The first-order chi connectivity index (χ1) is 17.6. The van der Waals surface area contributed by atoms with Gasteiger partial charge in [0.1, 0.15) is 5.82 Å². The zero-order valence-corrected chi connectivity index (χ0v) is 21.4. The lowest BCUT2D eigenvalue weighted by molar-refractivity contribution is 0.0928. The number of hydrogen-bond donors (Lipinski definition) is 1. The van der Waals surface area contributed by atoms with Crippen LogP contribution in [0.25, 0.3) is 0 Å². The maximum absolute atomic E-state index is 14.0. The van der Waals surface area contributed by atoms with E-state index < -0.39 is 0 Å². The number of aromatic nitrogens is 2. The van der Waals surface area contributed by atoms with Gasteiger partial charge in [-0.05, 0) is 68.2 Å². The first-order valence-corrected chi connectivity index (χ1v) is 13.9. The molecule has 2 atom stereocenters. The summed E-state index contributed by atoms with van der Waals surface area (Å²) in [5.74, 6) is -0.00647. The lowest BCUT2D eigenvalue weighted by Crippen LogP contribution is -2.29. The van der Waals surface area contributed by atoms with E-state index >= 15 is 0 Å². The Hall–Kier alpha value is -2.95. The van der Waals surface area contributed by atoms with Crippen molar-refractivity contribution in [3.05, 3.63) is 88.5 Å². The lowest BCUT2D eigenvalue weighted by Gasteiger charge is -2.27. The second-order valence-electron chi connectivity index (χ2n) is 10.6. The van der Waals surface area contributed by atoms with Crippen LogP contribution in [0.5, 0.6) is 0 Å². The minimum absolute atomic E-state index is 0.0388. The molecule has 5 rings (SSSR count). The molecule has 0 bridgehead atoms. The molecule has 2 aliphatic carbocycles. The highest BCUT2D eigenvalue weighted by Crippen LogP contribution is 2.39. The van der Waals surface area contributed by atoms with Crippen LogP contribution < -0.4 is 5.32 Å². The summed E-state index contributed by atoms with van der Waals surface area (Å²) in [4.78, 5) is 13.7. The molecular weight excluding hydrogens is 449 g/mol. The molecule has 1 N–H and O–H groups in total. The van der Waals surface area contributed by atoms with Crippen molar-refractivity contribution in [1.29, 1.82) is 0 Å². The Balaban J connectivity index is 1.51. The fourth-order valence-corrected chi connectivity index (χ4v) is 6.26. The van der Waals surface area contributed by atoms with E-state index in [1.807, 2.05) is 24.3 Å². The highest BCUT2D eigenvalue weighted by atomic mass is 19.1. The molecule has 2 aliphatic rings. The largest absolute Gasteiger partial charge is 0.344 e. The number of nitrogens with one attached hydrogen (secondary N) is 1. The van der Waals surface area contributed by atoms with E-state index in [2.05, 4.69) is 29.1 Å². The average Bonchev–Trinajstić information content (AvgIpc) is 3.18. The van der Waals surface area contributed by atoms with Gasteiger partial charge in [0.05, 0.1) is 12.1 Å². The second-order valence-corrected chi connectivity index (χ2v) is 10.6. The molecule has 4 nitrogen and oxygen atoms in total. The number of nitrogens with zero attached hydrogens (tertiary/aromatic N) is 2. The van der Waals surface area contributed by atoms with E-state index in [4.69, 9.17) is 5.10 Å². The smallest absolute Gasteiger partial charge is 0.272 e. The van der Waals surface area contributed by atoms with Crippen molar-refractivity contribution in [2.24, 2.45) is 0 Å². The Morgan fingerprint density at radius 3 is 2.56 bits per heavy atom. The van der Waals surface area contributed by atoms with Gasteiger partial charge in [-0.1, -0.05) is 75.1 Å². The van der Waals surface area contributed by atoms with Gasteiger partial charge in [-0.15, -0.1) is 0 Å². The van der Waals surface area contributed by atoms with Gasteiger partial charge in [0, 0.05) is 17.2 Å². The van der Waals surface area contributed by atoms with Gasteiger partial charge in [-0.25, -0.2) is 4.39 Å². The number of carbonyl (C=O) groups excluding carboxylic acids is 1. The topological polar surface area (TPSA) is 46.9 Å². The third kappa shape index (κ3) is 5.40. The highest BCUT2D eigenvalue weighted by Gasteiger charge is 2.33. The van der Waals surface area contributed by atoms with Crippen LogP contribution in [-0.2, 0) is 12.8 Å². The Morgan fingerprint density at radius 2 is 1.81 bits per heavy atom. The molecule has 1 amide bonds. The Kier molecular flexibility index (Phi) is 7.84. The summed E-state index contributed by atoms with van der Waals surface area (Å²) in [7, 11) is 0. The predicted molar refractivity (Wildman–Crippen MR) is 142 cm³/mol. The van der Waals surface area contributed by atoms with Crippen molar-refractivity contribution >= 4 is 5.91 Å². The van der Waals surface area contributed by atoms with Crippen LogP contribution in [0.4, 0.5) is 4.39 Å². The summed E-state index contributed by atoms with van der Waals surface area (Å²) in [6.45, 7) is 2.11. The SMILES string of the molecule is CC[C@H](NC(=O)c1nn(C2CCCCC2)c2c1CCCCC2Cc1cccc(F)c1)c1ccccc1. The quantitative estimate of drug-likeness (QED) is 0.352. The molecule has 0 aliphatic heterocycles. The van der Waals surface area contributed by atoms with Gasteiger partial charge in [0.15, 0.2) is 5.69 Å². The fraction of sp³-hybridized carbons (Fsp3) is 0.484. The van der Waals surface area contributed by atoms with Crippen LogP contribution in [0, 0.1) is 5.82 Å². The van der Waals surface area contributed by atoms with E-state index in [1.165, 1.54) is 31.0 Å². The molecule has 3 aromatic rings. The van der Waals surface area contributed by atoms with Crippen molar-refractivity contribution < 1.29 is 9.18 Å². The number of halogens is 1. The third-order valence-electron chi connectivity index (χ3n) is 8.09. The molecule has 1 saturated carbocycles. The number of amides is 1. The Bertz CT molecular complexity index is 1170. The van der Waals surface area contributed by atoms with Crippen molar-refractivity contribution in [1.82, 2.24) is 15.1 Å². The number of rotatable bonds is 7. The van der Waals surface area contributed by atoms with Gasteiger partial charge >= 0.3 is 0 Å². The summed E-state index contributed by atoms with van der Waals surface area (Å²) < 4.78 is 16.2. The van der Waals surface area contributed by atoms with Crippen molar-refractivity contribution in [3.63, 3.8) is 0 Å². The lowest BCUT2D eigenvalue weighted by atomic mass is 9.89. The Labute approximate surface area is 214 Å². The summed E-state index contributed by atoms with van der Waals surface area (Å²) in [5, 5.41) is 8.37. The van der Waals surface area contributed by atoms with E-state index in [9.17, 15) is 9.18 Å². The molecule has 1 unspecified atom stereocenters. The number of fused-ring (bicyclic) bond motifs is 1. The molecule has 1 aromatic heterocycles. The molecule has 1 fully saturated rings. The molecule has 36 heavy (non-hydrogen) atoms. The van der Waals surface area contributed by atoms with Gasteiger partial charge < -0.3 is 5.32 Å². The van der Waals surface area contributed by atoms with Crippen LogP contribution >= 0.6 is 0 Å². The normalized spacial score (nSPS) is 19.3. The van der Waals surface area contributed by atoms with Crippen LogP contribution in [0.3, 0.4) is 0 Å². The average molecular weight is 488 g/mol. The van der Waals surface area contributed by atoms with Crippen molar-refractivity contribution in [2.75, 3.05) is 0 Å². The summed E-state index contributed by atoms with van der Waals surface area (Å²) in [6.07, 6.45) is 11.6. The zero-order valence-electron chi connectivity index (χ0n) is 21.4. The van der Waals surface area contributed by atoms with Crippen molar-refractivity contribution in [2.45, 2.75) is 95.6 Å².